The van der Waals surface area contributed by atoms with E-state index in [2.05, 4.69) is 6.92 Å². The largest absolute Gasteiger partial charge is 0.748 e. The molecule has 1 atom stereocenters. The third kappa shape index (κ3) is 7.33. The van der Waals surface area contributed by atoms with Crippen molar-refractivity contribution in [3.05, 3.63) is 0 Å². The van der Waals surface area contributed by atoms with E-state index in [-0.39, 0.29) is 0 Å². The van der Waals surface area contributed by atoms with E-state index in [0.717, 1.165) is 19.3 Å². The van der Waals surface area contributed by atoms with Crippen molar-refractivity contribution in [1.82, 2.24) is 0 Å². The van der Waals surface area contributed by atoms with Crippen molar-refractivity contribution in [2.75, 3.05) is 0 Å². The molecule has 0 aromatic rings. The molecule has 0 fully saturated rings. The first-order valence-corrected chi connectivity index (χ1v) is 6.90. The van der Waals surface area contributed by atoms with Crippen LogP contribution in [0.3, 0.4) is 0 Å². The van der Waals surface area contributed by atoms with Gasteiger partial charge in [0.25, 0.3) is 0 Å². The van der Waals surface area contributed by atoms with Crippen LogP contribution in [-0.2, 0) is 10.1 Å². The third-order valence-electron chi connectivity index (χ3n) is 2.46. The van der Waals surface area contributed by atoms with Crippen molar-refractivity contribution in [3.63, 3.8) is 0 Å². The van der Waals surface area contributed by atoms with Crippen molar-refractivity contribution in [1.29, 1.82) is 0 Å². The van der Waals surface area contributed by atoms with Crippen LogP contribution in [0, 0.1) is 0 Å². The average molecular weight is 221 g/mol. The Kier molecular flexibility index (Phi) is 7.19. The summed E-state index contributed by atoms with van der Waals surface area (Å²) < 4.78 is 31.6. The van der Waals surface area contributed by atoms with Crippen molar-refractivity contribution < 1.29 is 13.0 Å². The topological polar surface area (TPSA) is 57.2 Å². The molecular formula is C10H21O3S-. The summed E-state index contributed by atoms with van der Waals surface area (Å²) in [6, 6.07) is 0. The van der Waals surface area contributed by atoms with Gasteiger partial charge >= 0.3 is 0 Å². The number of hydrogen-bond donors (Lipinski definition) is 0. The summed E-state index contributed by atoms with van der Waals surface area (Å²) in [6.07, 6.45) is 7.24. The van der Waals surface area contributed by atoms with Gasteiger partial charge in [0, 0.05) is 5.25 Å². The molecule has 0 N–H and O–H groups in total. The summed E-state index contributed by atoms with van der Waals surface area (Å²) in [5.41, 5.74) is 0. The molecule has 0 aromatic carbocycles. The fourth-order valence-electron chi connectivity index (χ4n) is 1.36. The van der Waals surface area contributed by atoms with E-state index in [4.69, 9.17) is 0 Å². The standard InChI is InChI=1S/C10H22O3S/c1-3-4-5-6-7-8-9-10(2)14(11,12)13/h10H,3-9H2,1-2H3,(H,11,12,13)/p-1. The van der Waals surface area contributed by atoms with Crippen LogP contribution in [-0.4, -0.2) is 18.2 Å². The normalized spacial score (nSPS) is 14.2. The highest BCUT2D eigenvalue weighted by atomic mass is 32.2. The van der Waals surface area contributed by atoms with E-state index in [0.29, 0.717) is 6.42 Å². The Morgan fingerprint density at radius 2 is 1.57 bits per heavy atom. The quantitative estimate of drug-likeness (QED) is 0.467. The van der Waals surface area contributed by atoms with Gasteiger partial charge in [0.2, 0.25) is 0 Å². The van der Waals surface area contributed by atoms with Crippen molar-refractivity contribution >= 4 is 10.1 Å². The van der Waals surface area contributed by atoms with Gasteiger partial charge in [-0.25, -0.2) is 8.42 Å². The first-order valence-electron chi connectivity index (χ1n) is 5.43. The molecule has 0 aromatic heterocycles. The van der Waals surface area contributed by atoms with Gasteiger partial charge in [-0.1, -0.05) is 45.4 Å². The minimum absolute atomic E-state index is 0.512. The summed E-state index contributed by atoms with van der Waals surface area (Å²) in [4.78, 5) is 0. The second-order valence-corrected chi connectivity index (χ2v) is 5.65. The predicted molar refractivity (Wildman–Crippen MR) is 57.2 cm³/mol. The van der Waals surface area contributed by atoms with Gasteiger partial charge in [-0.15, -0.1) is 0 Å². The number of unbranched alkanes of at least 4 members (excludes halogenated alkanes) is 5. The molecule has 0 aliphatic carbocycles. The summed E-state index contributed by atoms with van der Waals surface area (Å²) in [5, 5.41) is -0.714. The Morgan fingerprint density at radius 1 is 1.07 bits per heavy atom. The molecule has 0 aliphatic heterocycles. The molecule has 0 amide bonds. The fraction of sp³-hybridized carbons (Fsp3) is 1.00. The summed E-state index contributed by atoms with van der Waals surface area (Å²) in [5.74, 6) is 0. The zero-order valence-electron chi connectivity index (χ0n) is 9.16. The summed E-state index contributed by atoms with van der Waals surface area (Å²) >= 11 is 0. The zero-order chi connectivity index (χ0) is 11.0. The Bertz CT molecular complexity index is 222. The zero-order valence-corrected chi connectivity index (χ0v) is 9.98. The van der Waals surface area contributed by atoms with Crippen LogP contribution < -0.4 is 0 Å². The molecule has 0 bridgehead atoms. The molecule has 0 aliphatic rings. The lowest BCUT2D eigenvalue weighted by Crippen LogP contribution is -2.16. The lowest BCUT2D eigenvalue weighted by molar-refractivity contribution is 0.443. The summed E-state index contributed by atoms with van der Waals surface area (Å²) in [7, 11) is -4.05. The molecule has 0 saturated heterocycles. The van der Waals surface area contributed by atoms with E-state index in [9.17, 15) is 13.0 Å². The van der Waals surface area contributed by atoms with Gasteiger partial charge in [0.05, 0.1) is 10.1 Å². The highest BCUT2D eigenvalue weighted by Crippen LogP contribution is 2.11. The molecule has 0 heterocycles. The Hall–Kier alpha value is -0.0900. The van der Waals surface area contributed by atoms with Gasteiger partial charge in [-0.05, 0) is 13.3 Å². The first kappa shape index (κ1) is 13.9. The molecule has 0 radical (unpaired) electrons. The van der Waals surface area contributed by atoms with E-state index < -0.39 is 15.4 Å². The minimum atomic E-state index is -4.05. The predicted octanol–water partition coefficient (Wildman–Crippen LogP) is 2.67. The van der Waals surface area contributed by atoms with E-state index in [1.807, 2.05) is 0 Å². The third-order valence-corrected chi connectivity index (χ3v) is 3.68. The van der Waals surface area contributed by atoms with E-state index >= 15 is 0 Å². The van der Waals surface area contributed by atoms with Crippen LogP contribution in [0.5, 0.6) is 0 Å². The monoisotopic (exact) mass is 221 g/mol. The molecule has 0 rings (SSSR count). The molecular weight excluding hydrogens is 200 g/mol. The van der Waals surface area contributed by atoms with Crippen LogP contribution in [0.4, 0.5) is 0 Å². The first-order chi connectivity index (χ1) is 6.48. The van der Waals surface area contributed by atoms with Crippen LogP contribution in [0.15, 0.2) is 0 Å². The average Bonchev–Trinajstić information content (AvgIpc) is 2.09. The van der Waals surface area contributed by atoms with Gasteiger partial charge in [0.1, 0.15) is 0 Å². The van der Waals surface area contributed by atoms with Gasteiger partial charge in [-0.3, -0.25) is 0 Å². The molecule has 0 spiro atoms. The van der Waals surface area contributed by atoms with Crippen LogP contribution in [0.2, 0.25) is 0 Å². The molecule has 0 saturated carbocycles. The van der Waals surface area contributed by atoms with Crippen molar-refractivity contribution in [2.45, 2.75) is 64.0 Å². The van der Waals surface area contributed by atoms with Crippen molar-refractivity contribution in [3.8, 4) is 0 Å². The van der Waals surface area contributed by atoms with E-state index in [1.165, 1.54) is 26.2 Å². The number of hydrogen-bond acceptors (Lipinski definition) is 3. The van der Waals surface area contributed by atoms with Gasteiger partial charge in [-0.2, -0.15) is 0 Å². The van der Waals surface area contributed by atoms with Crippen molar-refractivity contribution in [2.24, 2.45) is 0 Å². The molecule has 86 valence electrons. The van der Waals surface area contributed by atoms with Crippen LogP contribution >= 0.6 is 0 Å². The van der Waals surface area contributed by atoms with Crippen LogP contribution in [0.1, 0.15) is 58.8 Å². The SMILES string of the molecule is CCCCCCCCC(C)S(=O)(=O)[O-]. The lowest BCUT2D eigenvalue weighted by Gasteiger charge is -2.15. The van der Waals surface area contributed by atoms with Gasteiger partial charge in [0.15, 0.2) is 0 Å². The van der Waals surface area contributed by atoms with E-state index in [1.54, 1.807) is 0 Å². The Morgan fingerprint density at radius 3 is 2.07 bits per heavy atom. The van der Waals surface area contributed by atoms with Gasteiger partial charge < -0.3 is 4.55 Å². The maximum Gasteiger partial charge on any atom is 0.0972 e. The second-order valence-electron chi connectivity index (χ2n) is 3.86. The maximum atomic E-state index is 10.5. The summed E-state index contributed by atoms with van der Waals surface area (Å²) in [6.45, 7) is 3.65. The van der Waals surface area contributed by atoms with Crippen LogP contribution in [0.25, 0.3) is 0 Å². The molecule has 1 unspecified atom stereocenters. The Balaban J connectivity index is 3.37. The maximum absolute atomic E-state index is 10.5. The minimum Gasteiger partial charge on any atom is -0.748 e. The number of rotatable bonds is 8. The highest BCUT2D eigenvalue weighted by Gasteiger charge is 2.08. The molecule has 14 heavy (non-hydrogen) atoms. The second kappa shape index (κ2) is 7.23. The fourth-order valence-corrected chi connectivity index (χ4v) is 1.81. The highest BCUT2D eigenvalue weighted by molar-refractivity contribution is 7.86. The lowest BCUT2D eigenvalue weighted by atomic mass is 10.1. The molecule has 4 heteroatoms. The molecule has 3 nitrogen and oxygen atoms in total. The Labute approximate surface area is 87.7 Å². The smallest absolute Gasteiger partial charge is 0.0972 e.